The molecule has 1 unspecified atom stereocenters. The molecular formula is C19H19F4N7O2. The lowest BCUT2D eigenvalue weighted by atomic mass is 9.92. The van der Waals surface area contributed by atoms with Crippen LogP contribution >= 0.6 is 0 Å². The van der Waals surface area contributed by atoms with E-state index in [9.17, 15) is 17.6 Å². The fourth-order valence-corrected chi connectivity index (χ4v) is 4.39. The van der Waals surface area contributed by atoms with E-state index >= 15 is 0 Å². The van der Waals surface area contributed by atoms with Crippen molar-refractivity contribution in [2.75, 3.05) is 23.3 Å². The van der Waals surface area contributed by atoms with Crippen molar-refractivity contribution < 1.29 is 26.8 Å². The summed E-state index contributed by atoms with van der Waals surface area (Å²) in [6.45, 7) is 3.27. The molecule has 9 nitrogen and oxygen atoms in total. The minimum atomic E-state index is -5.11. The predicted octanol–water partition coefficient (Wildman–Crippen LogP) is 3.50. The molecular weight excluding hydrogens is 434 g/mol. The number of hydrogen-bond donors (Lipinski definition) is 1. The Morgan fingerprint density at radius 3 is 2.66 bits per heavy atom. The summed E-state index contributed by atoms with van der Waals surface area (Å²) >= 11 is 0. The zero-order valence-corrected chi connectivity index (χ0v) is 16.9. The molecule has 0 aromatic carbocycles. The molecule has 170 valence electrons. The van der Waals surface area contributed by atoms with E-state index in [0.29, 0.717) is 29.6 Å². The van der Waals surface area contributed by atoms with Crippen LogP contribution in [0.25, 0.3) is 5.65 Å². The Kier molecular flexibility index (Phi) is 4.90. The number of anilines is 2. The van der Waals surface area contributed by atoms with Crippen LogP contribution in [0.3, 0.4) is 0 Å². The van der Waals surface area contributed by atoms with Gasteiger partial charge in [0, 0.05) is 25.3 Å². The van der Waals surface area contributed by atoms with E-state index in [1.54, 1.807) is 13.1 Å². The van der Waals surface area contributed by atoms with Gasteiger partial charge in [0.2, 0.25) is 11.8 Å². The largest absolute Gasteiger partial charge is 0.458 e. The summed E-state index contributed by atoms with van der Waals surface area (Å²) in [7, 11) is 0. The van der Waals surface area contributed by atoms with Crippen molar-refractivity contribution in [3.8, 4) is 5.75 Å². The van der Waals surface area contributed by atoms with Crippen LogP contribution in [0.15, 0.2) is 34.9 Å². The molecule has 2 fully saturated rings. The van der Waals surface area contributed by atoms with Gasteiger partial charge in [-0.25, -0.2) is 4.52 Å². The van der Waals surface area contributed by atoms with Crippen molar-refractivity contribution in [1.82, 2.24) is 24.7 Å². The first-order chi connectivity index (χ1) is 15.3. The third-order valence-electron chi connectivity index (χ3n) is 5.80. The number of halogens is 4. The zero-order valence-electron chi connectivity index (χ0n) is 16.9. The van der Waals surface area contributed by atoms with E-state index in [2.05, 4.69) is 30.4 Å². The maximum atomic E-state index is 13.1. The van der Waals surface area contributed by atoms with Gasteiger partial charge in [-0.15, -0.1) is 5.10 Å². The van der Waals surface area contributed by atoms with Gasteiger partial charge in [0.1, 0.15) is 6.26 Å². The van der Waals surface area contributed by atoms with Crippen LogP contribution in [0.1, 0.15) is 18.7 Å². The molecule has 0 amide bonds. The molecule has 3 atom stereocenters. The van der Waals surface area contributed by atoms with Crippen LogP contribution in [0.4, 0.5) is 29.5 Å². The molecule has 0 radical (unpaired) electrons. The van der Waals surface area contributed by atoms with Crippen LogP contribution in [0.5, 0.6) is 5.75 Å². The molecule has 13 heteroatoms. The smallest absolute Gasteiger partial charge is 0.446 e. The van der Waals surface area contributed by atoms with Gasteiger partial charge in [-0.05, 0) is 43.7 Å². The molecule has 2 bridgehead atoms. The summed E-state index contributed by atoms with van der Waals surface area (Å²) in [5.41, 5.74) is 0.173. The molecule has 2 aliphatic rings. The number of aryl methyl sites for hydroxylation is 1. The Morgan fingerprint density at radius 2 is 2.00 bits per heavy atom. The first-order valence-electron chi connectivity index (χ1n) is 10.0. The average molecular weight is 453 g/mol. The van der Waals surface area contributed by atoms with Crippen molar-refractivity contribution in [2.45, 2.75) is 32.0 Å². The number of piperidine rings is 1. The highest BCUT2D eigenvalue weighted by atomic mass is 19.4. The second kappa shape index (κ2) is 7.64. The van der Waals surface area contributed by atoms with Gasteiger partial charge in [0.25, 0.3) is 0 Å². The average Bonchev–Trinajstić information content (AvgIpc) is 3.41. The molecule has 4 heterocycles. The summed E-state index contributed by atoms with van der Waals surface area (Å²) in [6, 6.07) is 3.56. The van der Waals surface area contributed by atoms with E-state index in [-0.39, 0.29) is 23.7 Å². The number of nitrogens with zero attached hydrogens (tertiary/aromatic N) is 6. The molecule has 32 heavy (non-hydrogen) atoms. The van der Waals surface area contributed by atoms with Crippen LogP contribution < -0.4 is 15.0 Å². The van der Waals surface area contributed by atoms with E-state index < -0.39 is 12.0 Å². The second-order valence-corrected chi connectivity index (χ2v) is 7.95. The molecule has 5 rings (SSSR count). The van der Waals surface area contributed by atoms with Crippen LogP contribution in [0.2, 0.25) is 0 Å². The number of fused-ring (bicyclic) bond motifs is 3. The number of rotatable bonds is 5. The highest BCUT2D eigenvalue weighted by Gasteiger charge is 2.43. The Morgan fingerprint density at radius 1 is 1.25 bits per heavy atom. The molecule has 0 spiro atoms. The van der Waals surface area contributed by atoms with Gasteiger partial charge >= 0.3 is 12.2 Å². The maximum absolute atomic E-state index is 13.1. The quantitative estimate of drug-likeness (QED) is 0.464. The first-order valence-corrected chi connectivity index (χ1v) is 10.0. The van der Waals surface area contributed by atoms with E-state index in [4.69, 9.17) is 9.26 Å². The summed E-state index contributed by atoms with van der Waals surface area (Å²) < 4.78 is 61.7. The normalized spacial score (nSPS) is 23.7. The van der Waals surface area contributed by atoms with Gasteiger partial charge < -0.3 is 19.5 Å². The van der Waals surface area contributed by atoms with Crippen molar-refractivity contribution in [3.05, 3.63) is 36.2 Å². The summed E-state index contributed by atoms with van der Waals surface area (Å²) in [5.74, 6) is -0.844. The molecule has 1 saturated heterocycles. The third-order valence-corrected chi connectivity index (χ3v) is 5.80. The Bertz CT molecular complexity index is 1140. The minimum absolute atomic E-state index is 0.0201. The highest BCUT2D eigenvalue weighted by Crippen LogP contribution is 2.39. The zero-order chi connectivity index (χ0) is 22.5. The third kappa shape index (κ3) is 3.82. The summed E-state index contributed by atoms with van der Waals surface area (Å²) in [5, 5.41) is 11.6. The maximum Gasteiger partial charge on any atom is 0.446 e. The molecule has 1 N–H and O–H groups in total. The number of pyridine rings is 1. The van der Waals surface area contributed by atoms with Gasteiger partial charge in [-0.1, -0.05) is 5.16 Å². The fraction of sp³-hybridized carbons (Fsp3) is 0.474. The van der Waals surface area contributed by atoms with Crippen molar-refractivity contribution in [2.24, 2.45) is 11.8 Å². The lowest BCUT2D eigenvalue weighted by Gasteiger charge is -2.37. The van der Waals surface area contributed by atoms with E-state index in [1.807, 2.05) is 0 Å². The standard InChI is InChI=1S/C19H19F4N7O2/c1-10-24-18(32-28-10)29-7-11-4-5-12(8-29)15(11)25-17-26-16-13(3-2-6-30(16)27-17)31-9-14(20)19(21,22)23/h2-3,6,9,11-12,15H,4-5,7-8H2,1H3,(H,25,27)/b14-9-/t11-,12+,15?. The van der Waals surface area contributed by atoms with E-state index in [0.717, 1.165) is 25.9 Å². The lowest BCUT2D eigenvalue weighted by molar-refractivity contribution is -0.110. The number of ether oxygens (including phenoxy) is 1. The summed E-state index contributed by atoms with van der Waals surface area (Å²) in [6.07, 6.45) is -1.46. The summed E-state index contributed by atoms with van der Waals surface area (Å²) in [4.78, 5) is 10.7. The Hall–Kier alpha value is -3.38. The topological polar surface area (TPSA) is 93.6 Å². The molecule has 1 aliphatic heterocycles. The van der Waals surface area contributed by atoms with Crippen molar-refractivity contribution >= 4 is 17.6 Å². The SMILES string of the molecule is Cc1noc(N2C[C@H]3CC[C@@H](C2)C3Nc2nc3c(O/C=C(\F)C(F)(F)F)cccn3n2)n1. The number of aromatic nitrogens is 5. The van der Waals surface area contributed by atoms with Gasteiger partial charge in [-0.2, -0.15) is 27.5 Å². The van der Waals surface area contributed by atoms with Gasteiger partial charge in [0.05, 0.1) is 0 Å². The van der Waals surface area contributed by atoms with Crippen LogP contribution in [0, 0.1) is 18.8 Å². The highest BCUT2D eigenvalue weighted by molar-refractivity contribution is 5.56. The Balaban J connectivity index is 1.32. The number of allylic oxidation sites excluding steroid dienone is 1. The molecule has 3 aromatic heterocycles. The minimum Gasteiger partial charge on any atom is -0.458 e. The molecule has 1 saturated carbocycles. The number of nitrogens with one attached hydrogen (secondary N) is 1. The first kappa shape index (κ1) is 20.5. The lowest BCUT2D eigenvalue weighted by Crippen LogP contribution is -2.48. The molecule has 3 aromatic rings. The molecule has 1 aliphatic carbocycles. The number of hydrogen-bond acceptors (Lipinski definition) is 8. The van der Waals surface area contributed by atoms with Gasteiger partial charge in [0.15, 0.2) is 17.2 Å². The number of alkyl halides is 3. The van der Waals surface area contributed by atoms with Gasteiger partial charge in [-0.3, -0.25) is 0 Å². The van der Waals surface area contributed by atoms with Crippen LogP contribution in [-0.4, -0.2) is 50.0 Å². The van der Waals surface area contributed by atoms with Crippen molar-refractivity contribution in [3.63, 3.8) is 0 Å². The van der Waals surface area contributed by atoms with Crippen molar-refractivity contribution in [1.29, 1.82) is 0 Å². The monoisotopic (exact) mass is 453 g/mol. The predicted molar refractivity (Wildman–Crippen MR) is 104 cm³/mol. The van der Waals surface area contributed by atoms with Crippen LogP contribution in [-0.2, 0) is 0 Å². The second-order valence-electron chi connectivity index (χ2n) is 7.95. The Labute approximate surface area is 179 Å². The fourth-order valence-electron chi connectivity index (χ4n) is 4.39. The van der Waals surface area contributed by atoms with E-state index in [1.165, 1.54) is 16.6 Å².